The minimum absolute atomic E-state index is 0.0408. The number of likely N-dealkylation sites (tertiary alicyclic amines) is 1. The van der Waals surface area contributed by atoms with Crippen molar-refractivity contribution in [3.05, 3.63) is 59.2 Å². The first-order chi connectivity index (χ1) is 20.2. The highest BCUT2D eigenvalue weighted by Crippen LogP contribution is 2.45. The molecule has 0 saturated carbocycles. The number of carbonyl (C=O) groups is 2. The third-order valence-corrected chi connectivity index (χ3v) is 9.00. The molecular weight excluding hydrogens is 534 g/mol. The number of ether oxygens (including phenoxy) is 3. The van der Waals surface area contributed by atoms with Crippen molar-refractivity contribution in [2.45, 2.75) is 71.2 Å². The standard InChI is InChI=1S/C33H45N3O6/c1-4-5-12-36(25-8-6-7-22(16-25)19-34)29(37)21-35-20-26(23-9-10-28-24(17-23)11-13-40-28)30(31(38)39)27(35)18-33(2,3)32-41-14-15-42-32/h6-10,16-17,26-27,30,32H,4-5,11-15,18-21,34H2,1-3H3,(H,38,39)/t26-,27+,30-/m1/s1. The van der Waals surface area contributed by atoms with E-state index in [1.54, 1.807) is 0 Å². The van der Waals surface area contributed by atoms with Crippen molar-refractivity contribution >= 4 is 17.6 Å². The third kappa shape index (κ3) is 6.49. The number of carboxylic acid groups (broad SMARTS) is 1. The second-order valence-electron chi connectivity index (χ2n) is 12.5. The number of amides is 1. The summed E-state index contributed by atoms with van der Waals surface area (Å²) >= 11 is 0. The number of hydrogen-bond donors (Lipinski definition) is 2. The van der Waals surface area contributed by atoms with Crippen LogP contribution < -0.4 is 15.4 Å². The van der Waals surface area contributed by atoms with Crippen LogP contribution >= 0.6 is 0 Å². The summed E-state index contributed by atoms with van der Waals surface area (Å²) in [7, 11) is 0. The second-order valence-corrected chi connectivity index (χ2v) is 12.5. The molecule has 1 amide bonds. The van der Waals surface area contributed by atoms with E-state index in [1.807, 2.05) is 41.3 Å². The molecule has 0 aromatic heterocycles. The van der Waals surface area contributed by atoms with E-state index in [-0.39, 0.29) is 24.4 Å². The molecule has 3 N–H and O–H groups in total. The fourth-order valence-corrected chi connectivity index (χ4v) is 6.79. The van der Waals surface area contributed by atoms with Gasteiger partial charge in [-0.3, -0.25) is 14.5 Å². The Labute approximate surface area is 248 Å². The Balaban J connectivity index is 1.47. The Hall–Kier alpha value is -2.98. The van der Waals surface area contributed by atoms with Crippen LogP contribution in [0.1, 0.15) is 62.6 Å². The van der Waals surface area contributed by atoms with Gasteiger partial charge in [0.15, 0.2) is 6.29 Å². The van der Waals surface area contributed by atoms with E-state index < -0.39 is 23.6 Å². The lowest BCUT2D eigenvalue weighted by Gasteiger charge is -2.37. The first-order valence-corrected chi connectivity index (χ1v) is 15.3. The van der Waals surface area contributed by atoms with Gasteiger partial charge in [-0.05, 0) is 47.7 Å². The minimum Gasteiger partial charge on any atom is -0.493 e. The van der Waals surface area contributed by atoms with Crippen molar-refractivity contribution in [3.8, 4) is 5.75 Å². The number of hydrogen-bond acceptors (Lipinski definition) is 7. The summed E-state index contributed by atoms with van der Waals surface area (Å²) in [5.41, 5.74) is 9.34. The normalized spacial score (nSPS) is 22.7. The van der Waals surface area contributed by atoms with E-state index in [2.05, 4.69) is 31.7 Å². The van der Waals surface area contributed by atoms with E-state index in [0.29, 0.717) is 45.9 Å². The predicted octanol–water partition coefficient (Wildman–Crippen LogP) is 4.17. The summed E-state index contributed by atoms with van der Waals surface area (Å²) in [5, 5.41) is 10.7. The van der Waals surface area contributed by atoms with Crippen molar-refractivity contribution in [2.75, 3.05) is 44.4 Å². The molecule has 5 rings (SSSR count). The molecule has 0 unspecified atom stereocenters. The molecule has 3 aliphatic heterocycles. The molecule has 228 valence electrons. The molecule has 0 spiro atoms. The number of carboxylic acids is 1. The highest BCUT2D eigenvalue weighted by atomic mass is 16.7. The van der Waals surface area contributed by atoms with E-state index in [4.69, 9.17) is 19.9 Å². The molecule has 9 heteroatoms. The zero-order valence-electron chi connectivity index (χ0n) is 25.1. The van der Waals surface area contributed by atoms with Crippen LogP contribution in [0.25, 0.3) is 0 Å². The summed E-state index contributed by atoms with van der Waals surface area (Å²) in [6.45, 7) is 9.51. The summed E-state index contributed by atoms with van der Waals surface area (Å²) in [6.07, 6.45) is 2.73. The minimum atomic E-state index is -0.848. The lowest BCUT2D eigenvalue weighted by molar-refractivity contribution is -0.147. The van der Waals surface area contributed by atoms with Gasteiger partial charge in [0.25, 0.3) is 0 Å². The number of anilines is 1. The van der Waals surface area contributed by atoms with Gasteiger partial charge >= 0.3 is 5.97 Å². The predicted molar refractivity (Wildman–Crippen MR) is 161 cm³/mol. The summed E-state index contributed by atoms with van der Waals surface area (Å²) in [6, 6.07) is 13.5. The Kier molecular flexibility index (Phi) is 9.52. The van der Waals surface area contributed by atoms with Gasteiger partial charge in [-0.2, -0.15) is 0 Å². The molecule has 3 heterocycles. The number of rotatable bonds is 12. The van der Waals surface area contributed by atoms with Crippen molar-refractivity contribution in [2.24, 2.45) is 17.1 Å². The average molecular weight is 580 g/mol. The average Bonchev–Trinajstić information content (AvgIpc) is 3.74. The molecule has 2 aromatic carbocycles. The maximum atomic E-state index is 14.1. The Morgan fingerprint density at radius 3 is 2.62 bits per heavy atom. The maximum Gasteiger partial charge on any atom is 0.308 e. The molecule has 0 radical (unpaired) electrons. The quantitative estimate of drug-likeness (QED) is 0.385. The lowest BCUT2D eigenvalue weighted by Crippen LogP contribution is -2.47. The number of carbonyl (C=O) groups excluding carboxylic acids is 1. The van der Waals surface area contributed by atoms with E-state index in [9.17, 15) is 14.7 Å². The lowest BCUT2D eigenvalue weighted by atomic mass is 9.77. The summed E-state index contributed by atoms with van der Waals surface area (Å²) in [5.74, 6) is -0.976. The number of benzene rings is 2. The number of nitrogens with two attached hydrogens (primary N) is 1. The van der Waals surface area contributed by atoms with Gasteiger partial charge in [-0.25, -0.2) is 0 Å². The van der Waals surface area contributed by atoms with Crippen LogP contribution in [-0.4, -0.2) is 73.7 Å². The second kappa shape index (κ2) is 13.1. The van der Waals surface area contributed by atoms with Crippen LogP contribution in [0.2, 0.25) is 0 Å². The largest absolute Gasteiger partial charge is 0.493 e. The molecule has 2 fully saturated rings. The molecule has 42 heavy (non-hydrogen) atoms. The number of aliphatic carboxylic acids is 1. The van der Waals surface area contributed by atoms with Gasteiger partial charge in [0, 0.05) is 49.1 Å². The van der Waals surface area contributed by atoms with Crippen LogP contribution in [0.5, 0.6) is 5.75 Å². The zero-order chi connectivity index (χ0) is 29.9. The SMILES string of the molecule is CCCCN(C(=O)CN1C[C@H](c2ccc3c(c2)CCO3)[C@@H](C(=O)O)[C@@H]1CC(C)(C)C1OCCO1)c1cccc(CN)c1. The van der Waals surface area contributed by atoms with Crippen molar-refractivity contribution in [1.29, 1.82) is 0 Å². The molecule has 0 aliphatic carbocycles. The van der Waals surface area contributed by atoms with Crippen molar-refractivity contribution in [3.63, 3.8) is 0 Å². The first-order valence-electron chi connectivity index (χ1n) is 15.3. The summed E-state index contributed by atoms with van der Waals surface area (Å²) in [4.78, 5) is 31.0. The van der Waals surface area contributed by atoms with E-state index >= 15 is 0 Å². The number of unbranched alkanes of at least 4 members (excludes halogenated alkanes) is 1. The van der Waals surface area contributed by atoms with Crippen LogP contribution in [0.4, 0.5) is 5.69 Å². The Morgan fingerprint density at radius 2 is 1.90 bits per heavy atom. The van der Waals surface area contributed by atoms with Gasteiger partial charge in [-0.1, -0.05) is 51.5 Å². The molecule has 3 atom stereocenters. The smallest absolute Gasteiger partial charge is 0.308 e. The van der Waals surface area contributed by atoms with Crippen LogP contribution in [-0.2, 0) is 32.0 Å². The Morgan fingerprint density at radius 1 is 1.12 bits per heavy atom. The maximum absolute atomic E-state index is 14.1. The molecule has 9 nitrogen and oxygen atoms in total. The van der Waals surface area contributed by atoms with Gasteiger partial charge < -0.3 is 30.0 Å². The highest BCUT2D eigenvalue weighted by Gasteiger charge is 2.50. The Bertz CT molecular complexity index is 1260. The first kappa shape index (κ1) is 30.5. The summed E-state index contributed by atoms with van der Waals surface area (Å²) < 4.78 is 17.5. The van der Waals surface area contributed by atoms with Gasteiger partial charge in [0.2, 0.25) is 5.91 Å². The molecular formula is C33H45N3O6. The number of nitrogens with zero attached hydrogens (tertiary/aromatic N) is 2. The van der Waals surface area contributed by atoms with Crippen molar-refractivity contribution in [1.82, 2.24) is 4.90 Å². The van der Waals surface area contributed by atoms with Crippen LogP contribution in [0, 0.1) is 11.3 Å². The molecule has 2 saturated heterocycles. The van der Waals surface area contributed by atoms with Crippen LogP contribution in [0.3, 0.4) is 0 Å². The van der Waals surface area contributed by atoms with Crippen molar-refractivity contribution < 1.29 is 28.9 Å². The van der Waals surface area contributed by atoms with Gasteiger partial charge in [-0.15, -0.1) is 0 Å². The molecule has 2 aromatic rings. The fourth-order valence-electron chi connectivity index (χ4n) is 6.79. The van der Waals surface area contributed by atoms with Gasteiger partial charge in [0.1, 0.15) is 5.75 Å². The zero-order valence-corrected chi connectivity index (χ0v) is 25.1. The van der Waals surface area contributed by atoms with Gasteiger partial charge in [0.05, 0.1) is 32.3 Å². The molecule has 0 bridgehead atoms. The van der Waals surface area contributed by atoms with E-state index in [1.165, 1.54) is 0 Å². The third-order valence-electron chi connectivity index (χ3n) is 9.00. The monoisotopic (exact) mass is 579 g/mol. The fraction of sp³-hybridized carbons (Fsp3) is 0.576. The highest BCUT2D eigenvalue weighted by molar-refractivity contribution is 5.95. The topological polar surface area (TPSA) is 115 Å². The number of fused-ring (bicyclic) bond motifs is 1. The van der Waals surface area contributed by atoms with E-state index in [0.717, 1.165) is 47.4 Å². The van der Waals surface area contributed by atoms with Crippen LogP contribution in [0.15, 0.2) is 42.5 Å². The molecule has 3 aliphatic rings.